The predicted octanol–water partition coefficient (Wildman–Crippen LogP) is 2.98. The van der Waals surface area contributed by atoms with E-state index in [1.54, 1.807) is 11.6 Å². The van der Waals surface area contributed by atoms with Crippen molar-refractivity contribution in [2.75, 3.05) is 6.54 Å². The number of amides is 2. The third kappa shape index (κ3) is 6.22. The molecule has 1 heterocycles. The van der Waals surface area contributed by atoms with Gasteiger partial charge in [-0.2, -0.15) is 0 Å². The van der Waals surface area contributed by atoms with Crippen LogP contribution in [0, 0.1) is 6.92 Å². The van der Waals surface area contributed by atoms with E-state index in [1.807, 2.05) is 42.0 Å². The molecule has 0 aliphatic heterocycles. The summed E-state index contributed by atoms with van der Waals surface area (Å²) in [6.07, 6.45) is 7.86. The molecule has 2 aromatic rings. The van der Waals surface area contributed by atoms with E-state index >= 15 is 0 Å². The first-order valence-electron chi connectivity index (χ1n) is 8.73. The fourth-order valence-corrected chi connectivity index (χ4v) is 2.55. The smallest absolute Gasteiger partial charge is 0.244 e. The minimum atomic E-state index is -0.381. The molecule has 1 aromatic heterocycles. The number of hydroxylamine groups is 1. The van der Waals surface area contributed by atoms with Gasteiger partial charge in [-0.3, -0.25) is 14.8 Å². The maximum Gasteiger partial charge on any atom is 0.244 e. The Hall–Kier alpha value is -2.86. The van der Waals surface area contributed by atoms with E-state index in [9.17, 15) is 9.59 Å². The summed E-state index contributed by atoms with van der Waals surface area (Å²) in [5.41, 5.74) is 4.78. The first kappa shape index (κ1) is 19.5. The molecule has 0 spiro atoms. The number of hydrogen-bond donors (Lipinski definition) is 3. The standard InChI is InChI=1S/C20H25N3O3/c1-16-8-10-18(11-9-16)23-15-5-6-17(23)12-13-19(24)21-14-4-2-3-7-20(25)22-26/h5-6,8-13,15,26H,2-4,7,14H2,1H3,(H,21,24)(H,22,25)/b13-12+. The number of carbonyl (C=O) groups is 2. The van der Waals surface area contributed by atoms with Crippen molar-refractivity contribution >= 4 is 17.9 Å². The zero-order valence-corrected chi connectivity index (χ0v) is 14.9. The average molecular weight is 355 g/mol. The molecular weight excluding hydrogens is 330 g/mol. The second-order valence-electron chi connectivity index (χ2n) is 6.11. The molecule has 1 aromatic carbocycles. The first-order valence-corrected chi connectivity index (χ1v) is 8.73. The Morgan fingerprint density at radius 1 is 1.12 bits per heavy atom. The van der Waals surface area contributed by atoms with Gasteiger partial charge in [0.2, 0.25) is 11.8 Å². The van der Waals surface area contributed by atoms with Gasteiger partial charge in [-0.05, 0) is 50.1 Å². The van der Waals surface area contributed by atoms with E-state index < -0.39 is 0 Å². The van der Waals surface area contributed by atoms with E-state index in [1.165, 1.54) is 11.6 Å². The summed E-state index contributed by atoms with van der Waals surface area (Å²) >= 11 is 0. The van der Waals surface area contributed by atoms with Crippen molar-refractivity contribution in [1.29, 1.82) is 0 Å². The fourth-order valence-electron chi connectivity index (χ4n) is 2.55. The summed E-state index contributed by atoms with van der Waals surface area (Å²) in [5, 5.41) is 11.2. The summed E-state index contributed by atoms with van der Waals surface area (Å²) in [7, 11) is 0. The average Bonchev–Trinajstić information content (AvgIpc) is 3.11. The SMILES string of the molecule is Cc1ccc(-n2cccc2/C=C/C(=O)NCCCCCC(=O)NO)cc1. The van der Waals surface area contributed by atoms with E-state index in [4.69, 9.17) is 5.21 Å². The van der Waals surface area contributed by atoms with Crippen LogP contribution in [-0.2, 0) is 9.59 Å². The lowest BCUT2D eigenvalue weighted by Gasteiger charge is -2.07. The molecule has 0 fully saturated rings. The first-order chi connectivity index (χ1) is 12.6. The van der Waals surface area contributed by atoms with Crippen molar-refractivity contribution in [2.24, 2.45) is 0 Å². The topological polar surface area (TPSA) is 83.4 Å². The van der Waals surface area contributed by atoms with E-state index in [0.717, 1.165) is 24.2 Å². The second-order valence-corrected chi connectivity index (χ2v) is 6.11. The van der Waals surface area contributed by atoms with Gasteiger partial charge in [0, 0.05) is 36.6 Å². The monoisotopic (exact) mass is 355 g/mol. The van der Waals surface area contributed by atoms with Crippen LogP contribution >= 0.6 is 0 Å². The van der Waals surface area contributed by atoms with Crippen molar-refractivity contribution in [2.45, 2.75) is 32.6 Å². The van der Waals surface area contributed by atoms with Gasteiger partial charge in [0.1, 0.15) is 0 Å². The van der Waals surface area contributed by atoms with Gasteiger partial charge in [0.05, 0.1) is 0 Å². The fraction of sp³-hybridized carbons (Fsp3) is 0.300. The highest BCUT2D eigenvalue weighted by molar-refractivity contribution is 5.91. The number of nitrogens with one attached hydrogen (secondary N) is 2. The number of carbonyl (C=O) groups excluding carboxylic acids is 2. The maximum absolute atomic E-state index is 11.9. The van der Waals surface area contributed by atoms with Crippen molar-refractivity contribution in [3.8, 4) is 5.69 Å². The molecule has 6 nitrogen and oxygen atoms in total. The Balaban J connectivity index is 1.77. The lowest BCUT2D eigenvalue weighted by atomic mass is 10.2. The Morgan fingerprint density at radius 3 is 2.62 bits per heavy atom. The van der Waals surface area contributed by atoms with Crippen LogP contribution in [-0.4, -0.2) is 28.1 Å². The van der Waals surface area contributed by atoms with Crippen LogP contribution in [0.2, 0.25) is 0 Å². The van der Waals surface area contributed by atoms with Crippen molar-refractivity contribution in [3.63, 3.8) is 0 Å². The Bertz CT molecular complexity index is 748. The van der Waals surface area contributed by atoms with Gasteiger partial charge in [-0.25, -0.2) is 5.48 Å². The van der Waals surface area contributed by atoms with E-state index in [2.05, 4.69) is 17.4 Å². The summed E-state index contributed by atoms with van der Waals surface area (Å²) in [5.74, 6) is -0.525. The Kier molecular flexibility index (Phi) is 7.64. The maximum atomic E-state index is 11.9. The zero-order valence-electron chi connectivity index (χ0n) is 14.9. The summed E-state index contributed by atoms with van der Waals surface area (Å²) in [6.45, 7) is 2.61. The minimum Gasteiger partial charge on any atom is -0.353 e. The quantitative estimate of drug-likeness (QED) is 0.280. The van der Waals surface area contributed by atoms with Crippen LogP contribution < -0.4 is 10.8 Å². The minimum absolute atomic E-state index is 0.144. The third-order valence-electron chi connectivity index (χ3n) is 4.00. The number of nitrogens with zero attached hydrogens (tertiary/aromatic N) is 1. The molecule has 0 radical (unpaired) electrons. The molecule has 0 saturated heterocycles. The van der Waals surface area contributed by atoms with Crippen LogP contribution in [0.1, 0.15) is 36.9 Å². The third-order valence-corrected chi connectivity index (χ3v) is 4.00. The van der Waals surface area contributed by atoms with Crippen LogP contribution in [0.5, 0.6) is 0 Å². The summed E-state index contributed by atoms with van der Waals surface area (Å²) in [4.78, 5) is 22.8. The molecule has 138 valence electrons. The number of unbranched alkanes of at least 4 members (excludes halogenated alkanes) is 2. The van der Waals surface area contributed by atoms with Gasteiger partial charge in [0.15, 0.2) is 0 Å². The molecule has 0 aliphatic carbocycles. The highest BCUT2D eigenvalue weighted by Gasteiger charge is 2.02. The second kappa shape index (κ2) is 10.2. The van der Waals surface area contributed by atoms with Crippen molar-refractivity contribution in [1.82, 2.24) is 15.4 Å². The summed E-state index contributed by atoms with van der Waals surface area (Å²) in [6, 6.07) is 12.1. The molecule has 0 saturated carbocycles. The van der Waals surface area contributed by atoms with Gasteiger partial charge in [0.25, 0.3) is 0 Å². The highest BCUT2D eigenvalue weighted by Crippen LogP contribution is 2.14. The molecule has 0 bridgehead atoms. The Morgan fingerprint density at radius 2 is 1.88 bits per heavy atom. The lowest BCUT2D eigenvalue weighted by Crippen LogP contribution is -2.22. The lowest BCUT2D eigenvalue weighted by molar-refractivity contribution is -0.129. The predicted molar refractivity (Wildman–Crippen MR) is 101 cm³/mol. The summed E-state index contributed by atoms with van der Waals surface area (Å²) < 4.78 is 2.02. The number of aromatic nitrogens is 1. The van der Waals surface area contributed by atoms with Crippen LogP contribution in [0.25, 0.3) is 11.8 Å². The van der Waals surface area contributed by atoms with Crippen molar-refractivity contribution in [3.05, 3.63) is 59.9 Å². The van der Waals surface area contributed by atoms with Crippen LogP contribution in [0.15, 0.2) is 48.7 Å². The highest BCUT2D eigenvalue weighted by atomic mass is 16.5. The molecule has 3 N–H and O–H groups in total. The van der Waals surface area contributed by atoms with Gasteiger partial charge < -0.3 is 9.88 Å². The molecule has 2 rings (SSSR count). The number of hydrogen-bond acceptors (Lipinski definition) is 3. The van der Waals surface area contributed by atoms with Gasteiger partial charge >= 0.3 is 0 Å². The molecule has 26 heavy (non-hydrogen) atoms. The van der Waals surface area contributed by atoms with Gasteiger partial charge in [-0.1, -0.05) is 24.1 Å². The molecular formula is C20H25N3O3. The molecule has 2 amide bonds. The largest absolute Gasteiger partial charge is 0.353 e. The van der Waals surface area contributed by atoms with E-state index in [-0.39, 0.29) is 11.8 Å². The molecule has 6 heteroatoms. The number of rotatable bonds is 9. The van der Waals surface area contributed by atoms with Crippen LogP contribution in [0.4, 0.5) is 0 Å². The molecule has 0 atom stereocenters. The van der Waals surface area contributed by atoms with Crippen LogP contribution in [0.3, 0.4) is 0 Å². The number of benzene rings is 1. The Labute approximate surface area is 153 Å². The zero-order chi connectivity index (χ0) is 18.8. The van der Waals surface area contributed by atoms with Gasteiger partial charge in [-0.15, -0.1) is 0 Å². The number of aryl methyl sites for hydroxylation is 1. The van der Waals surface area contributed by atoms with E-state index in [0.29, 0.717) is 19.4 Å². The molecule has 0 aliphatic rings. The van der Waals surface area contributed by atoms with Crippen molar-refractivity contribution < 1.29 is 14.8 Å². The molecule has 0 unspecified atom stereocenters. The normalized spacial score (nSPS) is 10.8.